The zero-order valence-electron chi connectivity index (χ0n) is 6.03. The van der Waals surface area contributed by atoms with E-state index in [1.165, 1.54) is 6.08 Å². The van der Waals surface area contributed by atoms with Crippen molar-refractivity contribution >= 4 is 17.7 Å². The normalized spacial score (nSPS) is 27.4. The molecule has 2 aliphatic heterocycles. The monoisotopic (exact) mass is 149 g/mol. The van der Waals surface area contributed by atoms with Crippen LogP contribution in [0.3, 0.4) is 0 Å². The Hall–Kier alpha value is -1.45. The maximum atomic E-state index is 11.2. The van der Waals surface area contributed by atoms with E-state index in [0.29, 0.717) is 0 Å². The van der Waals surface area contributed by atoms with E-state index in [0.717, 1.165) is 11.4 Å². The van der Waals surface area contributed by atoms with Crippen LogP contribution in [0.15, 0.2) is 21.9 Å². The summed E-state index contributed by atoms with van der Waals surface area (Å²) in [7, 11) is 0. The minimum absolute atomic E-state index is 0.0324. The van der Waals surface area contributed by atoms with Gasteiger partial charge in [-0.1, -0.05) is 0 Å². The van der Waals surface area contributed by atoms with E-state index in [9.17, 15) is 4.79 Å². The highest BCUT2D eigenvalue weighted by atomic mass is 16.1. The summed E-state index contributed by atoms with van der Waals surface area (Å²) in [4.78, 5) is 15.3. The molecule has 2 rings (SSSR count). The van der Waals surface area contributed by atoms with Crippen LogP contribution in [0, 0.1) is 0 Å². The third-order valence-corrected chi connectivity index (χ3v) is 1.64. The molecule has 0 aromatic carbocycles. The molecule has 0 spiro atoms. The molecule has 1 atom stereocenters. The molecule has 1 unspecified atom stereocenters. The van der Waals surface area contributed by atoms with Crippen molar-refractivity contribution in [2.45, 2.75) is 13.0 Å². The van der Waals surface area contributed by atoms with Crippen LogP contribution in [0.2, 0.25) is 0 Å². The second-order valence-corrected chi connectivity index (χ2v) is 2.55. The lowest BCUT2D eigenvalue weighted by Gasteiger charge is -2.11. The molecule has 2 aliphatic rings. The van der Waals surface area contributed by atoms with Crippen LogP contribution in [0.1, 0.15) is 6.92 Å². The minimum atomic E-state index is -0.321. The topological polar surface area (TPSA) is 53.8 Å². The fourth-order valence-corrected chi connectivity index (χ4v) is 1.15. The van der Waals surface area contributed by atoms with Gasteiger partial charge in [0, 0.05) is 11.8 Å². The second-order valence-electron chi connectivity index (χ2n) is 2.55. The Labute approximate surface area is 63.7 Å². The number of aliphatic imine (C=N–C) groups is 1. The van der Waals surface area contributed by atoms with Gasteiger partial charge in [-0.3, -0.25) is 15.2 Å². The average molecular weight is 149 g/mol. The molecule has 1 N–H and O–H groups in total. The number of allylic oxidation sites excluding steroid dienone is 1. The maximum Gasteiger partial charge on any atom is 0.187 e. The van der Waals surface area contributed by atoms with Crippen molar-refractivity contribution in [3.05, 3.63) is 11.8 Å². The molecular weight excluding hydrogens is 142 g/mol. The van der Waals surface area contributed by atoms with Gasteiger partial charge in [-0.05, 0) is 6.92 Å². The zero-order chi connectivity index (χ0) is 7.84. The molecule has 0 amide bonds. The van der Waals surface area contributed by atoms with Gasteiger partial charge in [0.15, 0.2) is 5.78 Å². The van der Waals surface area contributed by atoms with Gasteiger partial charge in [-0.25, -0.2) is 0 Å². The van der Waals surface area contributed by atoms with E-state index >= 15 is 0 Å². The van der Waals surface area contributed by atoms with Crippen molar-refractivity contribution in [3.8, 4) is 0 Å². The summed E-state index contributed by atoms with van der Waals surface area (Å²) in [6.07, 6.45) is 3.11. The Balaban J connectivity index is 2.42. The number of carbonyl (C=O) groups is 1. The molecular formula is C7H7N3O. The molecule has 0 fully saturated rings. The summed E-state index contributed by atoms with van der Waals surface area (Å²) >= 11 is 0. The first-order chi connectivity index (χ1) is 5.27. The van der Waals surface area contributed by atoms with Gasteiger partial charge in [0.25, 0.3) is 0 Å². The van der Waals surface area contributed by atoms with E-state index in [4.69, 9.17) is 0 Å². The first-order valence-electron chi connectivity index (χ1n) is 3.37. The molecule has 56 valence electrons. The maximum absolute atomic E-state index is 11.2. The van der Waals surface area contributed by atoms with Crippen LogP contribution in [0.4, 0.5) is 0 Å². The summed E-state index contributed by atoms with van der Waals surface area (Å²) in [5.74, 6) is 0.0324. The summed E-state index contributed by atoms with van der Waals surface area (Å²) in [5.41, 5.74) is 4.14. The van der Waals surface area contributed by atoms with Crippen molar-refractivity contribution < 1.29 is 4.79 Å². The lowest BCUT2D eigenvalue weighted by molar-refractivity contribution is -0.115. The summed E-state index contributed by atoms with van der Waals surface area (Å²) in [5, 5.41) is 3.75. The zero-order valence-corrected chi connectivity index (χ0v) is 6.03. The Bertz CT molecular complexity index is 301. The third-order valence-electron chi connectivity index (χ3n) is 1.64. The van der Waals surface area contributed by atoms with Gasteiger partial charge >= 0.3 is 0 Å². The first kappa shape index (κ1) is 6.27. The summed E-state index contributed by atoms with van der Waals surface area (Å²) in [6.45, 7) is 1.80. The van der Waals surface area contributed by atoms with Crippen LogP contribution >= 0.6 is 0 Å². The number of hydrazone groups is 1. The van der Waals surface area contributed by atoms with Crippen molar-refractivity contribution in [3.63, 3.8) is 0 Å². The molecule has 0 saturated heterocycles. The van der Waals surface area contributed by atoms with Gasteiger partial charge in [0.1, 0.15) is 6.04 Å². The number of fused-ring (bicyclic) bond motifs is 1. The van der Waals surface area contributed by atoms with Crippen LogP contribution < -0.4 is 5.43 Å². The molecule has 0 bridgehead atoms. The lowest BCUT2D eigenvalue weighted by Crippen LogP contribution is -2.37. The summed E-state index contributed by atoms with van der Waals surface area (Å²) < 4.78 is 0. The molecule has 0 aromatic heterocycles. The van der Waals surface area contributed by atoms with E-state index in [1.54, 1.807) is 13.1 Å². The van der Waals surface area contributed by atoms with Crippen LogP contribution in [0.25, 0.3) is 0 Å². The molecule has 0 aliphatic carbocycles. The highest BCUT2D eigenvalue weighted by molar-refractivity contribution is 6.41. The van der Waals surface area contributed by atoms with E-state index in [-0.39, 0.29) is 11.8 Å². The minimum Gasteiger partial charge on any atom is -0.293 e. The fourth-order valence-electron chi connectivity index (χ4n) is 1.15. The third kappa shape index (κ3) is 0.869. The van der Waals surface area contributed by atoms with E-state index < -0.39 is 0 Å². The van der Waals surface area contributed by atoms with Crippen LogP contribution in [-0.4, -0.2) is 23.8 Å². The molecule has 11 heavy (non-hydrogen) atoms. The van der Waals surface area contributed by atoms with Crippen LogP contribution in [-0.2, 0) is 4.79 Å². The Morgan fingerprint density at radius 2 is 2.45 bits per heavy atom. The van der Waals surface area contributed by atoms with Crippen molar-refractivity contribution in [1.82, 2.24) is 5.43 Å². The van der Waals surface area contributed by atoms with E-state index in [1.807, 2.05) is 0 Å². The van der Waals surface area contributed by atoms with Crippen molar-refractivity contribution in [2.75, 3.05) is 0 Å². The molecule has 4 heteroatoms. The number of hydrogen-bond acceptors (Lipinski definition) is 4. The standard InChI is InChI=1S/C7H7N3O/c1-4-2-6(11)7-5(9-4)3-8-10-7/h2-3,7,10H,1H3. The second kappa shape index (κ2) is 2.02. The highest BCUT2D eigenvalue weighted by Crippen LogP contribution is 2.09. The van der Waals surface area contributed by atoms with E-state index in [2.05, 4.69) is 15.5 Å². The van der Waals surface area contributed by atoms with Gasteiger partial charge in [-0.15, -0.1) is 0 Å². The van der Waals surface area contributed by atoms with Gasteiger partial charge < -0.3 is 0 Å². The fraction of sp³-hybridized carbons (Fsp3) is 0.286. The predicted molar refractivity (Wildman–Crippen MR) is 41.6 cm³/mol. The summed E-state index contributed by atoms with van der Waals surface area (Å²) in [6, 6.07) is -0.321. The van der Waals surface area contributed by atoms with Crippen molar-refractivity contribution in [1.29, 1.82) is 0 Å². The smallest absolute Gasteiger partial charge is 0.187 e. The first-order valence-corrected chi connectivity index (χ1v) is 3.37. The largest absolute Gasteiger partial charge is 0.293 e. The number of carbonyl (C=O) groups excluding carboxylic acids is 1. The molecule has 4 nitrogen and oxygen atoms in total. The van der Waals surface area contributed by atoms with Crippen LogP contribution in [0.5, 0.6) is 0 Å². The predicted octanol–water partition coefficient (Wildman–Crippen LogP) is -0.129. The molecule has 0 saturated carbocycles. The number of ketones is 1. The van der Waals surface area contributed by atoms with Gasteiger partial charge in [-0.2, -0.15) is 5.10 Å². The number of rotatable bonds is 0. The number of nitrogens with one attached hydrogen (secondary N) is 1. The number of hydrogen-bond donors (Lipinski definition) is 1. The Morgan fingerprint density at radius 3 is 3.27 bits per heavy atom. The molecule has 0 radical (unpaired) electrons. The SMILES string of the molecule is CC1=CC(=O)C2NN=CC2=N1. The Kier molecular flexibility index (Phi) is 1.15. The lowest BCUT2D eigenvalue weighted by atomic mass is 10.1. The van der Waals surface area contributed by atoms with Gasteiger partial charge in [0.2, 0.25) is 0 Å². The van der Waals surface area contributed by atoms with Gasteiger partial charge in [0.05, 0.1) is 11.9 Å². The Morgan fingerprint density at radius 1 is 1.64 bits per heavy atom. The molecule has 0 aromatic rings. The quantitative estimate of drug-likeness (QED) is 0.521. The highest BCUT2D eigenvalue weighted by Gasteiger charge is 2.27. The molecule has 2 heterocycles. The number of nitrogens with zero attached hydrogens (tertiary/aromatic N) is 2. The van der Waals surface area contributed by atoms with Crippen molar-refractivity contribution in [2.24, 2.45) is 10.1 Å². The average Bonchev–Trinajstić information content (AvgIpc) is 2.34.